The van der Waals surface area contributed by atoms with Gasteiger partial charge in [0.25, 0.3) is 11.8 Å². The lowest BCUT2D eigenvalue weighted by Gasteiger charge is -2.33. The highest BCUT2D eigenvalue weighted by Gasteiger charge is 2.40. The summed E-state index contributed by atoms with van der Waals surface area (Å²) in [6, 6.07) is 5.61. The van der Waals surface area contributed by atoms with E-state index < -0.39 is 17.9 Å². The summed E-state index contributed by atoms with van der Waals surface area (Å²) in [7, 11) is 0. The number of hydrogen-bond donors (Lipinski definition) is 3. The van der Waals surface area contributed by atoms with Crippen LogP contribution in [0.15, 0.2) is 36.8 Å². The molecular formula is C22H24N4O5. The molecule has 3 N–H and O–H groups in total. The van der Waals surface area contributed by atoms with E-state index in [0.717, 1.165) is 12.8 Å². The lowest BCUT2D eigenvalue weighted by Crippen LogP contribution is -2.49. The molecule has 3 unspecified atom stereocenters. The zero-order chi connectivity index (χ0) is 22.0. The minimum Gasteiger partial charge on any atom is -0.480 e. The number of imidazole rings is 1. The van der Waals surface area contributed by atoms with Crippen LogP contribution in [-0.2, 0) is 16.0 Å². The molecule has 1 aromatic carbocycles. The third-order valence-corrected chi connectivity index (χ3v) is 6.13. The first-order valence-corrected chi connectivity index (χ1v) is 10.4. The van der Waals surface area contributed by atoms with Crippen molar-refractivity contribution >= 4 is 23.7 Å². The van der Waals surface area contributed by atoms with Crippen LogP contribution in [0.25, 0.3) is 0 Å². The number of carboxylic acid groups (broad SMARTS) is 1. The van der Waals surface area contributed by atoms with Gasteiger partial charge in [0, 0.05) is 30.8 Å². The number of amides is 3. The molecule has 0 bridgehead atoms. The van der Waals surface area contributed by atoms with Gasteiger partial charge in [0.2, 0.25) is 5.91 Å². The Balaban J connectivity index is 1.46. The Kier molecular flexibility index (Phi) is 5.83. The Bertz CT molecular complexity index is 968. The average Bonchev–Trinajstić information content (AvgIpc) is 3.36. The molecule has 0 saturated heterocycles. The molecule has 2 aliphatic rings. The number of hydrogen-bond acceptors (Lipinski definition) is 5. The van der Waals surface area contributed by atoms with Crippen molar-refractivity contribution in [1.29, 1.82) is 0 Å². The van der Waals surface area contributed by atoms with Gasteiger partial charge in [0.1, 0.15) is 6.04 Å². The van der Waals surface area contributed by atoms with Crippen LogP contribution in [0.1, 0.15) is 52.1 Å². The van der Waals surface area contributed by atoms with Crippen LogP contribution in [0.3, 0.4) is 0 Å². The monoisotopic (exact) mass is 424 g/mol. The summed E-state index contributed by atoms with van der Waals surface area (Å²) in [6.45, 7) is 0.155. The van der Waals surface area contributed by atoms with Crippen molar-refractivity contribution in [3.8, 4) is 0 Å². The molecule has 1 aliphatic carbocycles. The predicted molar refractivity (Wildman–Crippen MR) is 109 cm³/mol. The lowest BCUT2D eigenvalue weighted by molar-refractivity contribution is -0.143. The molecule has 9 nitrogen and oxygen atoms in total. The maximum Gasteiger partial charge on any atom is 0.326 e. The summed E-state index contributed by atoms with van der Waals surface area (Å²) in [5.41, 5.74) is 1.38. The van der Waals surface area contributed by atoms with E-state index in [4.69, 9.17) is 0 Å². The highest BCUT2D eigenvalue weighted by Crippen LogP contribution is 2.33. The van der Waals surface area contributed by atoms with E-state index in [1.807, 2.05) is 0 Å². The molecule has 3 amide bonds. The molecule has 0 spiro atoms. The Morgan fingerprint density at radius 3 is 2.45 bits per heavy atom. The van der Waals surface area contributed by atoms with Crippen LogP contribution in [0.5, 0.6) is 0 Å². The van der Waals surface area contributed by atoms with Crippen LogP contribution in [0.4, 0.5) is 0 Å². The fourth-order valence-electron chi connectivity index (χ4n) is 4.51. The number of H-pyrrole nitrogens is 1. The van der Waals surface area contributed by atoms with Crippen molar-refractivity contribution < 1.29 is 24.3 Å². The summed E-state index contributed by atoms with van der Waals surface area (Å²) >= 11 is 0. The molecule has 162 valence electrons. The van der Waals surface area contributed by atoms with Crippen LogP contribution >= 0.6 is 0 Å². The number of imide groups is 1. The average molecular weight is 424 g/mol. The molecule has 0 radical (unpaired) electrons. The maximum absolute atomic E-state index is 13.0. The standard InChI is InChI=1S/C22H24N4O5/c27-19(25-18(22(30)31)9-14-10-23-12-24-14)15-6-2-1-5-13(15)11-26-20(28)16-7-3-4-8-17(16)21(26)29/h3-4,7-8,10,12-13,15,18H,1-2,5-6,9,11H2,(H,23,24)(H,25,27)(H,30,31). The van der Waals surface area contributed by atoms with Crippen molar-refractivity contribution in [2.45, 2.75) is 38.1 Å². The number of aromatic nitrogens is 2. The Labute approximate surface area is 178 Å². The number of aromatic amines is 1. The molecule has 9 heteroatoms. The van der Waals surface area contributed by atoms with Gasteiger partial charge in [0.05, 0.1) is 17.5 Å². The highest BCUT2D eigenvalue weighted by atomic mass is 16.4. The number of fused-ring (bicyclic) bond motifs is 1. The van der Waals surface area contributed by atoms with Crippen molar-refractivity contribution in [2.24, 2.45) is 11.8 Å². The number of carbonyl (C=O) groups excluding carboxylic acids is 3. The fraction of sp³-hybridized carbons (Fsp3) is 0.409. The first kappa shape index (κ1) is 20.8. The van der Waals surface area contributed by atoms with Crippen LogP contribution < -0.4 is 5.32 Å². The van der Waals surface area contributed by atoms with Crippen molar-refractivity contribution in [2.75, 3.05) is 6.54 Å². The second kappa shape index (κ2) is 8.71. The largest absolute Gasteiger partial charge is 0.480 e. The third kappa shape index (κ3) is 4.21. The van der Waals surface area contributed by atoms with Crippen molar-refractivity contribution in [3.05, 3.63) is 53.6 Å². The number of nitrogens with one attached hydrogen (secondary N) is 2. The summed E-state index contributed by atoms with van der Waals surface area (Å²) in [4.78, 5) is 58.1. The zero-order valence-corrected chi connectivity index (χ0v) is 16.9. The van der Waals surface area contributed by atoms with Gasteiger partial charge in [-0.1, -0.05) is 25.0 Å². The molecule has 2 aromatic rings. The molecule has 1 fully saturated rings. The van der Waals surface area contributed by atoms with Crippen molar-refractivity contribution in [3.63, 3.8) is 0 Å². The van der Waals surface area contributed by atoms with E-state index >= 15 is 0 Å². The number of benzene rings is 1. The summed E-state index contributed by atoms with van der Waals surface area (Å²) in [5.74, 6) is -2.83. The van der Waals surface area contributed by atoms with E-state index in [-0.39, 0.29) is 36.6 Å². The van der Waals surface area contributed by atoms with Crippen LogP contribution in [0.2, 0.25) is 0 Å². The molecule has 1 saturated carbocycles. The Morgan fingerprint density at radius 1 is 1.16 bits per heavy atom. The number of rotatable bonds is 7. The predicted octanol–water partition coefficient (Wildman–Crippen LogP) is 1.62. The Morgan fingerprint density at radius 2 is 1.84 bits per heavy atom. The molecule has 31 heavy (non-hydrogen) atoms. The van der Waals surface area contributed by atoms with Gasteiger partial charge in [0.15, 0.2) is 0 Å². The summed E-state index contributed by atoms with van der Waals surface area (Å²) < 4.78 is 0. The molecular weight excluding hydrogens is 400 g/mol. The quantitative estimate of drug-likeness (QED) is 0.579. The van der Waals surface area contributed by atoms with E-state index in [0.29, 0.717) is 29.7 Å². The minimum absolute atomic E-state index is 0.0941. The highest BCUT2D eigenvalue weighted by molar-refractivity contribution is 6.21. The smallest absolute Gasteiger partial charge is 0.326 e. The number of carbonyl (C=O) groups is 4. The normalized spacial score (nSPS) is 21.6. The van der Waals surface area contributed by atoms with Gasteiger partial charge in [-0.05, 0) is 30.9 Å². The van der Waals surface area contributed by atoms with E-state index in [2.05, 4.69) is 15.3 Å². The molecule has 4 rings (SSSR count). The second-order valence-corrected chi connectivity index (χ2v) is 8.10. The molecule has 3 atom stereocenters. The number of aliphatic carboxylic acids is 1. The van der Waals surface area contributed by atoms with E-state index in [9.17, 15) is 24.3 Å². The lowest BCUT2D eigenvalue weighted by atomic mass is 9.78. The van der Waals surface area contributed by atoms with Crippen LogP contribution in [-0.4, -0.2) is 56.3 Å². The van der Waals surface area contributed by atoms with Gasteiger partial charge < -0.3 is 15.4 Å². The van der Waals surface area contributed by atoms with E-state index in [1.54, 1.807) is 24.3 Å². The first-order chi connectivity index (χ1) is 15.0. The van der Waals surface area contributed by atoms with Crippen molar-refractivity contribution in [1.82, 2.24) is 20.2 Å². The SMILES string of the molecule is O=C(O)C(Cc1cnc[nH]1)NC(=O)C1CCCCC1CN1C(=O)c2ccccc2C1=O. The van der Waals surface area contributed by atoms with Crippen LogP contribution in [0, 0.1) is 11.8 Å². The zero-order valence-electron chi connectivity index (χ0n) is 16.9. The molecule has 1 aliphatic heterocycles. The third-order valence-electron chi connectivity index (χ3n) is 6.13. The fourth-order valence-corrected chi connectivity index (χ4v) is 4.51. The first-order valence-electron chi connectivity index (χ1n) is 10.4. The van der Waals surface area contributed by atoms with E-state index in [1.165, 1.54) is 17.4 Å². The van der Waals surface area contributed by atoms with Gasteiger partial charge in [-0.25, -0.2) is 9.78 Å². The van der Waals surface area contributed by atoms with Gasteiger partial charge in [-0.3, -0.25) is 19.3 Å². The summed E-state index contributed by atoms with van der Waals surface area (Å²) in [5, 5.41) is 12.2. The molecule has 1 aromatic heterocycles. The van der Waals surface area contributed by atoms with Gasteiger partial charge in [-0.15, -0.1) is 0 Å². The minimum atomic E-state index is -1.13. The maximum atomic E-state index is 13.0. The number of nitrogens with zero attached hydrogens (tertiary/aromatic N) is 2. The second-order valence-electron chi connectivity index (χ2n) is 8.10. The topological polar surface area (TPSA) is 132 Å². The summed E-state index contributed by atoms with van der Waals surface area (Å²) in [6.07, 6.45) is 6.10. The molecule has 2 heterocycles. The van der Waals surface area contributed by atoms with Gasteiger partial charge >= 0.3 is 5.97 Å². The van der Waals surface area contributed by atoms with Gasteiger partial charge in [-0.2, -0.15) is 0 Å². The number of carboxylic acids is 1. The Hall–Kier alpha value is -3.49.